The summed E-state index contributed by atoms with van der Waals surface area (Å²) in [5.41, 5.74) is 12.8. The Morgan fingerprint density at radius 1 is 0.893 bits per heavy atom. The average molecular weight is 539 g/mol. The number of hydrogen-bond acceptors (Lipinski definition) is 0. The summed E-state index contributed by atoms with van der Waals surface area (Å²) in [6.45, 7) is 14.3. The Bertz CT molecular complexity index is 856. The number of fused-ring (bicyclic) bond motifs is 2. The van der Waals surface area contributed by atoms with Gasteiger partial charge in [0, 0.05) is 36.7 Å². The Balaban J connectivity index is 0.00000225. The van der Waals surface area contributed by atoms with Crippen molar-refractivity contribution >= 4 is 6.08 Å². The standard InChI is InChI=1S/C27H36.Hf/c1-7-8-14-27(26(6)20(4)18(2)19(3)21(26)5)15-13-24-16-22-11-9-10-12-23(22)17-25(24)27;/h13,15-17H,7-12,14H2,1-6H3;. The first kappa shape index (κ1) is 22.0. The molecule has 0 aliphatic heterocycles. The predicted octanol–water partition coefficient (Wildman–Crippen LogP) is 7.71. The predicted molar refractivity (Wildman–Crippen MR) is 118 cm³/mol. The van der Waals surface area contributed by atoms with Gasteiger partial charge in [0.1, 0.15) is 0 Å². The van der Waals surface area contributed by atoms with Crippen molar-refractivity contribution in [1.29, 1.82) is 0 Å². The molecule has 0 bridgehead atoms. The first-order valence-electron chi connectivity index (χ1n) is 11.1. The van der Waals surface area contributed by atoms with Crippen LogP contribution in [0.4, 0.5) is 0 Å². The van der Waals surface area contributed by atoms with Crippen LogP contribution < -0.4 is 0 Å². The minimum absolute atomic E-state index is 0. The molecule has 1 heteroatoms. The molecule has 1 aromatic carbocycles. The van der Waals surface area contributed by atoms with Gasteiger partial charge in [0.05, 0.1) is 0 Å². The molecule has 1 unspecified atom stereocenters. The SMILES string of the molecule is CCCCC1(C2(C)C(C)=C(C)C(C)=C2C)C=Cc2cc3c(cc21)CCCC3.[Hf]. The fourth-order valence-electron chi connectivity index (χ4n) is 6.27. The quantitative estimate of drug-likeness (QED) is 0.344. The van der Waals surface area contributed by atoms with Crippen molar-refractivity contribution < 1.29 is 25.8 Å². The molecule has 1 atom stereocenters. The minimum atomic E-state index is 0. The second-order valence-corrected chi connectivity index (χ2v) is 9.45. The van der Waals surface area contributed by atoms with Gasteiger partial charge >= 0.3 is 0 Å². The Hall–Kier alpha value is -0.690. The van der Waals surface area contributed by atoms with Gasteiger partial charge in [0.2, 0.25) is 0 Å². The maximum absolute atomic E-state index is 2.62. The summed E-state index contributed by atoms with van der Waals surface area (Å²) in [7, 11) is 0. The van der Waals surface area contributed by atoms with Crippen LogP contribution in [-0.4, -0.2) is 0 Å². The molecule has 3 aliphatic rings. The van der Waals surface area contributed by atoms with E-state index in [4.69, 9.17) is 0 Å². The summed E-state index contributed by atoms with van der Waals surface area (Å²) in [4.78, 5) is 0. The summed E-state index contributed by atoms with van der Waals surface area (Å²) < 4.78 is 0. The molecular weight excluding hydrogens is 503 g/mol. The molecule has 0 spiro atoms. The van der Waals surface area contributed by atoms with Crippen molar-refractivity contribution in [2.75, 3.05) is 0 Å². The van der Waals surface area contributed by atoms with Crippen molar-refractivity contribution in [3.8, 4) is 0 Å². The molecule has 0 aromatic heterocycles. The molecule has 1 aromatic rings. The van der Waals surface area contributed by atoms with E-state index in [1.54, 1.807) is 27.8 Å². The molecule has 0 N–H and O–H groups in total. The fourth-order valence-corrected chi connectivity index (χ4v) is 6.27. The van der Waals surface area contributed by atoms with Crippen LogP contribution >= 0.6 is 0 Å². The molecule has 0 saturated carbocycles. The first-order valence-corrected chi connectivity index (χ1v) is 11.1. The molecule has 148 valence electrons. The van der Waals surface area contributed by atoms with Gasteiger partial charge in [-0.3, -0.25) is 0 Å². The van der Waals surface area contributed by atoms with Gasteiger partial charge in [-0.15, -0.1) is 0 Å². The van der Waals surface area contributed by atoms with Crippen molar-refractivity contribution in [3.05, 3.63) is 62.8 Å². The number of rotatable bonds is 4. The number of allylic oxidation sites excluding steroid dienone is 5. The number of hydrogen-bond donors (Lipinski definition) is 0. The van der Waals surface area contributed by atoms with E-state index in [-0.39, 0.29) is 36.7 Å². The summed E-state index contributed by atoms with van der Waals surface area (Å²) in [5, 5.41) is 0. The number of unbranched alkanes of at least 4 members (excludes halogenated alkanes) is 1. The second-order valence-electron chi connectivity index (χ2n) is 9.45. The number of benzene rings is 1. The summed E-state index contributed by atoms with van der Waals surface area (Å²) in [6.07, 6.45) is 14.1. The maximum atomic E-state index is 2.62. The van der Waals surface area contributed by atoms with Gasteiger partial charge < -0.3 is 0 Å². The van der Waals surface area contributed by atoms with E-state index < -0.39 is 0 Å². The van der Waals surface area contributed by atoms with E-state index >= 15 is 0 Å². The summed E-state index contributed by atoms with van der Waals surface area (Å²) in [6, 6.07) is 5.15. The zero-order valence-corrected chi connectivity index (χ0v) is 22.4. The van der Waals surface area contributed by atoms with E-state index in [0.717, 1.165) is 0 Å². The Labute approximate surface area is 191 Å². The fraction of sp³-hybridized carbons (Fsp3) is 0.556. The third-order valence-electron chi connectivity index (χ3n) is 8.55. The molecule has 28 heavy (non-hydrogen) atoms. The second kappa shape index (κ2) is 7.86. The van der Waals surface area contributed by atoms with Crippen LogP contribution in [0.2, 0.25) is 0 Å². The zero-order chi connectivity index (χ0) is 19.4. The van der Waals surface area contributed by atoms with Crippen molar-refractivity contribution in [2.24, 2.45) is 5.41 Å². The third kappa shape index (κ3) is 2.86. The molecular formula is C27H36Hf. The van der Waals surface area contributed by atoms with Crippen LogP contribution in [0.5, 0.6) is 0 Å². The molecule has 0 radical (unpaired) electrons. The molecule has 0 nitrogen and oxygen atoms in total. The van der Waals surface area contributed by atoms with Crippen molar-refractivity contribution in [1.82, 2.24) is 0 Å². The Kier molecular flexibility index (Phi) is 6.18. The Morgan fingerprint density at radius 2 is 1.46 bits per heavy atom. The topological polar surface area (TPSA) is 0 Å². The number of aryl methyl sites for hydroxylation is 2. The van der Waals surface area contributed by atoms with Gasteiger partial charge in [0.25, 0.3) is 0 Å². The summed E-state index contributed by atoms with van der Waals surface area (Å²) >= 11 is 0. The van der Waals surface area contributed by atoms with Gasteiger partial charge in [-0.25, -0.2) is 0 Å². The van der Waals surface area contributed by atoms with Gasteiger partial charge in [-0.05, 0) is 93.2 Å². The monoisotopic (exact) mass is 540 g/mol. The smallest absolute Gasteiger partial charge is 0.0270 e. The van der Waals surface area contributed by atoms with Crippen LogP contribution in [-0.2, 0) is 44.1 Å². The van der Waals surface area contributed by atoms with Crippen LogP contribution in [0.15, 0.2) is 40.5 Å². The van der Waals surface area contributed by atoms with Crippen LogP contribution in [0, 0.1) is 5.41 Å². The first-order chi connectivity index (χ1) is 12.9. The molecule has 0 saturated heterocycles. The minimum Gasteiger partial charge on any atom is -0.0721 e. The van der Waals surface area contributed by atoms with Crippen LogP contribution in [0.1, 0.15) is 95.9 Å². The Morgan fingerprint density at radius 3 is 2.04 bits per heavy atom. The normalized spacial score (nSPS) is 25.1. The van der Waals surface area contributed by atoms with E-state index in [2.05, 4.69) is 65.8 Å². The maximum Gasteiger partial charge on any atom is 0.0270 e. The van der Waals surface area contributed by atoms with Gasteiger partial charge in [0.15, 0.2) is 0 Å². The van der Waals surface area contributed by atoms with Crippen LogP contribution in [0.3, 0.4) is 0 Å². The van der Waals surface area contributed by atoms with E-state index in [0.29, 0.717) is 0 Å². The van der Waals surface area contributed by atoms with E-state index in [1.807, 2.05) is 0 Å². The largest absolute Gasteiger partial charge is 0.0721 e. The van der Waals surface area contributed by atoms with Crippen LogP contribution in [0.25, 0.3) is 6.08 Å². The third-order valence-corrected chi connectivity index (χ3v) is 8.55. The van der Waals surface area contributed by atoms with E-state index in [9.17, 15) is 0 Å². The molecule has 3 aliphatic carbocycles. The summed E-state index contributed by atoms with van der Waals surface area (Å²) in [5.74, 6) is 0. The van der Waals surface area contributed by atoms with Gasteiger partial charge in [-0.2, -0.15) is 0 Å². The molecule has 4 rings (SSSR count). The molecule has 0 heterocycles. The molecule has 0 amide bonds. The van der Waals surface area contributed by atoms with Gasteiger partial charge in [-0.1, -0.05) is 62.1 Å². The zero-order valence-electron chi connectivity index (χ0n) is 18.8. The van der Waals surface area contributed by atoms with E-state index in [1.165, 1.54) is 61.7 Å². The average Bonchev–Trinajstić information content (AvgIpc) is 3.12. The molecule has 0 fully saturated rings. The van der Waals surface area contributed by atoms with Crippen molar-refractivity contribution in [2.45, 2.75) is 91.9 Å². The van der Waals surface area contributed by atoms with Crippen molar-refractivity contribution in [3.63, 3.8) is 0 Å².